The molecule has 2 fully saturated rings. The van der Waals surface area contributed by atoms with Gasteiger partial charge in [-0.2, -0.15) is 0 Å². The zero-order valence-corrected chi connectivity index (χ0v) is 19.1. The Morgan fingerprint density at radius 2 is 1.84 bits per heavy atom. The normalized spacial score (nSPS) is 31.1. The fourth-order valence-corrected chi connectivity index (χ4v) is 4.46. The van der Waals surface area contributed by atoms with E-state index in [9.17, 15) is 14.4 Å². The fraction of sp³-hybridized carbons (Fsp3) is 0.783. The SMILES string of the molecule is CC(=O)OC1CC2C(COC(=O)CC(C)C)=COC(OC(=O)CCC(C)C)C2[C@]12CO2. The molecule has 1 spiro atoms. The Morgan fingerprint density at radius 3 is 2.42 bits per heavy atom. The smallest absolute Gasteiger partial charge is 0.308 e. The Bertz CT molecular complexity index is 721. The van der Waals surface area contributed by atoms with E-state index in [0.717, 1.165) is 12.0 Å². The van der Waals surface area contributed by atoms with Crippen molar-refractivity contribution < 1.29 is 38.1 Å². The summed E-state index contributed by atoms with van der Waals surface area (Å²) in [6, 6.07) is 0. The minimum Gasteiger partial charge on any atom is -0.462 e. The fourth-order valence-electron chi connectivity index (χ4n) is 4.46. The van der Waals surface area contributed by atoms with Gasteiger partial charge in [0.1, 0.15) is 18.3 Å². The number of hydrogen-bond donors (Lipinski definition) is 0. The lowest BCUT2D eigenvalue weighted by atomic mass is 9.83. The van der Waals surface area contributed by atoms with E-state index in [-0.39, 0.29) is 42.3 Å². The Balaban J connectivity index is 1.74. The minimum atomic E-state index is -0.831. The van der Waals surface area contributed by atoms with E-state index >= 15 is 0 Å². The molecule has 1 aliphatic carbocycles. The maximum Gasteiger partial charge on any atom is 0.308 e. The topological polar surface area (TPSA) is 101 Å². The highest BCUT2D eigenvalue weighted by molar-refractivity contribution is 5.70. The summed E-state index contributed by atoms with van der Waals surface area (Å²) in [6.07, 6.45) is 2.10. The quantitative estimate of drug-likeness (QED) is 0.307. The third kappa shape index (κ3) is 5.59. The van der Waals surface area contributed by atoms with Crippen molar-refractivity contribution in [3.05, 3.63) is 11.8 Å². The van der Waals surface area contributed by atoms with Crippen LogP contribution in [0.2, 0.25) is 0 Å². The van der Waals surface area contributed by atoms with Crippen molar-refractivity contribution in [3.8, 4) is 0 Å². The summed E-state index contributed by atoms with van der Waals surface area (Å²) in [7, 11) is 0. The Morgan fingerprint density at radius 1 is 1.13 bits per heavy atom. The molecule has 0 amide bonds. The molecule has 174 valence electrons. The first-order valence-corrected chi connectivity index (χ1v) is 11.1. The first-order chi connectivity index (χ1) is 14.6. The van der Waals surface area contributed by atoms with E-state index in [4.69, 9.17) is 23.7 Å². The monoisotopic (exact) mass is 438 g/mol. The van der Waals surface area contributed by atoms with Gasteiger partial charge >= 0.3 is 17.9 Å². The number of carbonyl (C=O) groups is 3. The van der Waals surface area contributed by atoms with E-state index in [1.807, 2.05) is 27.7 Å². The van der Waals surface area contributed by atoms with Crippen LogP contribution in [-0.4, -0.2) is 49.1 Å². The summed E-state index contributed by atoms with van der Waals surface area (Å²) in [4.78, 5) is 36.0. The molecule has 31 heavy (non-hydrogen) atoms. The maximum atomic E-state index is 12.4. The second-order valence-electron chi connectivity index (χ2n) is 9.59. The van der Waals surface area contributed by atoms with Crippen molar-refractivity contribution in [3.63, 3.8) is 0 Å². The van der Waals surface area contributed by atoms with Crippen LogP contribution in [0.5, 0.6) is 0 Å². The van der Waals surface area contributed by atoms with Gasteiger partial charge in [0.2, 0.25) is 6.29 Å². The van der Waals surface area contributed by atoms with Crippen LogP contribution >= 0.6 is 0 Å². The standard InChI is InChI=1S/C23H34O8/c1-13(2)6-7-19(25)31-22-21-17(9-18(30-15(5)24)23(21)12-29-23)16(11-28-22)10-27-20(26)8-14(3)4/h11,13-14,17-18,21-22H,6-10,12H2,1-5H3/t17?,18?,21?,22?,23-/m0/s1. The second kappa shape index (κ2) is 9.59. The Hall–Kier alpha value is -2.09. The van der Waals surface area contributed by atoms with Gasteiger partial charge in [-0.25, -0.2) is 0 Å². The van der Waals surface area contributed by atoms with Crippen LogP contribution in [0.15, 0.2) is 11.8 Å². The number of ether oxygens (including phenoxy) is 5. The molecule has 0 aromatic heterocycles. The Labute approximate surface area is 183 Å². The maximum absolute atomic E-state index is 12.4. The van der Waals surface area contributed by atoms with Gasteiger partial charge in [0.05, 0.1) is 18.8 Å². The van der Waals surface area contributed by atoms with Gasteiger partial charge in [0.25, 0.3) is 0 Å². The van der Waals surface area contributed by atoms with Gasteiger partial charge in [-0.1, -0.05) is 27.7 Å². The summed E-state index contributed by atoms with van der Waals surface area (Å²) < 4.78 is 28.3. The lowest BCUT2D eigenvalue weighted by molar-refractivity contribution is -0.192. The molecule has 8 heteroatoms. The highest BCUT2D eigenvalue weighted by atomic mass is 16.7. The van der Waals surface area contributed by atoms with Crippen molar-refractivity contribution in [2.75, 3.05) is 13.2 Å². The van der Waals surface area contributed by atoms with E-state index in [0.29, 0.717) is 31.8 Å². The molecule has 1 saturated heterocycles. The number of esters is 3. The third-order valence-corrected chi connectivity index (χ3v) is 6.07. The molecule has 0 N–H and O–H groups in total. The summed E-state index contributed by atoms with van der Waals surface area (Å²) >= 11 is 0. The van der Waals surface area contributed by atoms with Gasteiger partial charge < -0.3 is 23.7 Å². The molecule has 3 aliphatic rings. The van der Waals surface area contributed by atoms with Crippen LogP contribution in [-0.2, 0) is 38.1 Å². The summed E-state index contributed by atoms with van der Waals surface area (Å²) in [6.45, 7) is 9.84. The van der Waals surface area contributed by atoms with Crippen LogP contribution in [0.3, 0.4) is 0 Å². The summed E-state index contributed by atoms with van der Waals surface area (Å²) in [5.41, 5.74) is 0.0435. The van der Waals surface area contributed by atoms with E-state index in [1.54, 1.807) is 0 Å². The average Bonchev–Trinajstić information content (AvgIpc) is 3.39. The van der Waals surface area contributed by atoms with Gasteiger partial charge in [0.15, 0.2) is 0 Å². The molecular formula is C23H34O8. The molecule has 0 bridgehead atoms. The number of carbonyl (C=O) groups excluding carboxylic acids is 3. The number of fused-ring (bicyclic) bond motifs is 2. The molecule has 1 saturated carbocycles. The predicted molar refractivity (Wildman–Crippen MR) is 109 cm³/mol. The number of hydrogen-bond acceptors (Lipinski definition) is 8. The first-order valence-electron chi connectivity index (χ1n) is 11.1. The molecule has 0 radical (unpaired) electrons. The van der Waals surface area contributed by atoms with Crippen LogP contribution < -0.4 is 0 Å². The third-order valence-electron chi connectivity index (χ3n) is 6.07. The second-order valence-corrected chi connectivity index (χ2v) is 9.59. The Kier molecular flexibility index (Phi) is 7.29. The van der Waals surface area contributed by atoms with Gasteiger partial charge in [-0.15, -0.1) is 0 Å². The first kappa shape index (κ1) is 23.6. The molecule has 0 aromatic carbocycles. The lowest BCUT2D eigenvalue weighted by Gasteiger charge is -2.35. The van der Waals surface area contributed by atoms with Crippen LogP contribution in [0.4, 0.5) is 0 Å². The lowest BCUT2D eigenvalue weighted by Crippen LogP contribution is -2.45. The van der Waals surface area contributed by atoms with Crippen LogP contribution in [0.1, 0.15) is 60.3 Å². The summed E-state index contributed by atoms with van der Waals surface area (Å²) in [5.74, 6) is -0.879. The average molecular weight is 439 g/mol. The number of rotatable bonds is 9. The van der Waals surface area contributed by atoms with E-state index in [1.165, 1.54) is 13.2 Å². The van der Waals surface area contributed by atoms with Crippen molar-refractivity contribution >= 4 is 17.9 Å². The molecule has 8 nitrogen and oxygen atoms in total. The van der Waals surface area contributed by atoms with Crippen molar-refractivity contribution in [2.24, 2.45) is 23.7 Å². The predicted octanol–water partition coefficient (Wildman–Crippen LogP) is 3.13. The number of epoxide rings is 1. The highest BCUT2D eigenvalue weighted by Gasteiger charge is 2.70. The summed E-state index contributed by atoms with van der Waals surface area (Å²) in [5, 5.41) is 0. The van der Waals surface area contributed by atoms with Gasteiger partial charge in [-0.05, 0) is 24.7 Å². The van der Waals surface area contributed by atoms with Gasteiger partial charge in [0, 0.05) is 31.3 Å². The minimum absolute atomic E-state index is 0.0869. The zero-order valence-electron chi connectivity index (χ0n) is 19.1. The van der Waals surface area contributed by atoms with E-state index < -0.39 is 18.0 Å². The van der Waals surface area contributed by atoms with Crippen LogP contribution in [0, 0.1) is 23.7 Å². The highest BCUT2D eigenvalue weighted by Crippen LogP contribution is 2.57. The van der Waals surface area contributed by atoms with Crippen molar-refractivity contribution in [2.45, 2.75) is 78.3 Å². The largest absolute Gasteiger partial charge is 0.462 e. The van der Waals surface area contributed by atoms with Crippen LogP contribution in [0.25, 0.3) is 0 Å². The molecule has 2 aliphatic heterocycles. The molecule has 0 aromatic rings. The molecule has 5 atom stereocenters. The zero-order chi connectivity index (χ0) is 22.8. The molecule has 2 heterocycles. The molecular weight excluding hydrogens is 404 g/mol. The van der Waals surface area contributed by atoms with Gasteiger partial charge in [-0.3, -0.25) is 14.4 Å². The van der Waals surface area contributed by atoms with Crippen molar-refractivity contribution in [1.82, 2.24) is 0 Å². The molecule has 4 unspecified atom stereocenters. The van der Waals surface area contributed by atoms with Crippen molar-refractivity contribution in [1.29, 1.82) is 0 Å². The van der Waals surface area contributed by atoms with E-state index in [2.05, 4.69) is 0 Å². The molecule has 3 rings (SSSR count).